The molecular weight excluding hydrogens is 316 g/mol. The second-order valence-corrected chi connectivity index (χ2v) is 6.03. The molecule has 1 N–H and O–H groups in total. The van der Waals surface area contributed by atoms with Crippen LogP contribution in [0.3, 0.4) is 0 Å². The van der Waals surface area contributed by atoms with Crippen LogP contribution in [-0.2, 0) is 4.79 Å². The molecule has 130 valence electrons. The molecular formula is C19H22N4O2. The number of nitrogens with one attached hydrogen (secondary N) is 1. The summed E-state index contributed by atoms with van der Waals surface area (Å²) in [5, 5.41) is 2.89. The minimum absolute atomic E-state index is 0.0153. The molecule has 3 rings (SSSR count). The minimum atomic E-state index is 0.0153. The number of pyridine rings is 1. The molecule has 6 nitrogen and oxygen atoms in total. The Labute approximate surface area is 147 Å². The Kier molecular flexibility index (Phi) is 5.74. The van der Waals surface area contributed by atoms with Crippen molar-refractivity contribution in [1.29, 1.82) is 0 Å². The molecule has 1 fully saturated rings. The van der Waals surface area contributed by atoms with Gasteiger partial charge in [0.25, 0.3) is 5.91 Å². The van der Waals surface area contributed by atoms with Crippen LogP contribution in [0.15, 0.2) is 54.9 Å². The van der Waals surface area contributed by atoms with Gasteiger partial charge in [0.2, 0.25) is 5.91 Å². The van der Waals surface area contributed by atoms with E-state index >= 15 is 0 Å². The Bertz CT molecular complexity index is 698. The number of rotatable bonds is 5. The number of amides is 2. The second kappa shape index (κ2) is 8.39. The number of carbonyl (C=O) groups is 2. The van der Waals surface area contributed by atoms with Crippen LogP contribution in [0, 0.1) is 0 Å². The van der Waals surface area contributed by atoms with Gasteiger partial charge in [0.1, 0.15) is 0 Å². The monoisotopic (exact) mass is 338 g/mol. The van der Waals surface area contributed by atoms with E-state index < -0.39 is 0 Å². The zero-order chi connectivity index (χ0) is 17.5. The van der Waals surface area contributed by atoms with E-state index in [4.69, 9.17) is 0 Å². The van der Waals surface area contributed by atoms with E-state index in [0.29, 0.717) is 31.6 Å². The number of para-hydroxylation sites is 1. The summed E-state index contributed by atoms with van der Waals surface area (Å²) in [6, 6.07) is 12.9. The average molecular weight is 338 g/mol. The lowest BCUT2D eigenvalue weighted by Crippen LogP contribution is -2.49. The third-order valence-corrected chi connectivity index (χ3v) is 4.30. The third-order valence-electron chi connectivity index (χ3n) is 4.30. The molecule has 1 aliphatic heterocycles. The maximum Gasteiger partial charge on any atom is 0.254 e. The van der Waals surface area contributed by atoms with Crippen molar-refractivity contribution in [3.05, 3.63) is 60.4 Å². The van der Waals surface area contributed by atoms with Crippen molar-refractivity contribution in [2.45, 2.75) is 6.42 Å². The van der Waals surface area contributed by atoms with E-state index in [1.807, 2.05) is 35.2 Å². The van der Waals surface area contributed by atoms with E-state index in [-0.39, 0.29) is 11.8 Å². The predicted molar refractivity (Wildman–Crippen MR) is 96.3 cm³/mol. The van der Waals surface area contributed by atoms with Crippen LogP contribution in [0.2, 0.25) is 0 Å². The highest BCUT2D eigenvalue weighted by atomic mass is 16.2. The number of benzene rings is 1. The number of nitrogens with zero attached hydrogens (tertiary/aromatic N) is 3. The molecule has 0 unspecified atom stereocenters. The van der Waals surface area contributed by atoms with Crippen LogP contribution in [0.4, 0.5) is 5.69 Å². The molecule has 0 bridgehead atoms. The van der Waals surface area contributed by atoms with Crippen LogP contribution < -0.4 is 5.32 Å². The number of hydrogen-bond acceptors (Lipinski definition) is 4. The highest BCUT2D eigenvalue weighted by Crippen LogP contribution is 2.09. The van der Waals surface area contributed by atoms with Crippen LogP contribution in [0.5, 0.6) is 0 Å². The summed E-state index contributed by atoms with van der Waals surface area (Å²) >= 11 is 0. The molecule has 1 aromatic heterocycles. The molecule has 1 aliphatic rings. The summed E-state index contributed by atoms with van der Waals surface area (Å²) in [7, 11) is 0. The summed E-state index contributed by atoms with van der Waals surface area (Å²) in [5.74, 6) is 0.0605. The SMILES string of the molecule is O=C(CCN1CCN(C(=O)c2ccncc2)CC1)Nc1ccccc1. The second-order valence-electron chi connectivity index (χ2n) is 6.03. The van der Waals surface area contributed by atoms with E-state index in [1.165, 1.54) is 0 Å². The molecule has 0 atom stereocenters. The predicted octanol–water partition coefficient (Wildman–Crippen LogP) is 1.87. The van der Waals surface area contributed by atoms with Gasteiger partial charge in [0, 0.05) is 62.8 Å². The van der Waals surface area contributed by atoms with E-state index in [1.54, 1.807) is 24.5 Å². The summed E-state index contributed by atoms with van der Waals surface area (Å²) in [4.78, 5) is 32.4. The van der Waals surface area contributed by atoms with Gasteiger partial charge in [-0.2, -0.15) is 0 Å². The maximum atomic E-state index is 12.4. The summed E-state index contributed by atoms with van der Waals surface area (Å²) in [5.41, 5.74) is 1.49. The fourth-order valence-electron chi connectivity index (χ4n) is 2.86. The quantitative estimate of drug-likeness (QED) is 0.904. The van der Waals surface area contributed by atoms with Gasteiger partial charge in [-0.25, -0.2) is 0 Å². The van der Waals surface area contributed by atoms with Crippen molar-refractivity contribution in [2.24, 2.45) is 0 Å². The zero-order valence-electron chi connectivity index (χ0n) is 14.1. The van der Waals surface area contributed by atoms with Gasteiger partial charge in [-0.15, -0.1) is 0 Å². The molecule has 2 amide bonds. The Hall–Kier alpha value is -2.73. The van der Waals surface area contributed by atoms with Gasteiger partial charge in [-0.05, 0) is 24.3 Å². The van der Waals surface area contributed by atoms with E-state index in [0.717, 1.165) is 18.8 Å². The van der Waals surface area contributed by atoms with Gasteiger partial charge < -0.3 is 10.2 Å². The van der Waals surface area contributed by atoms with Gasteiger partial charge in [0.15, 0.2) is 0 Å². The topological polar surface area (TPSA) is 65.5 Å². The normalized spacial score (nSPS) is 15.0. The maximum absolute atomic E-state index is 12.4. The van der Waals surface area contributed by atoms with E-state index in [2.05, 4.69) is 15.2 Å². The highest BCUT2D eigenvalue weighted by molar-refractivity contribution is 5.94. The van der Waals surface area contributed by atoms with Crippen LogP contribution >= 0.6 is 0 Å². The van der Waals surface area contributed by atoms with Crippen molar-refractivity contribution >= 4 is 17.5 Å². The standard InChI is InChI=1S/C19H22N4O2/c24-18(21-17-4-2-1-3-5-17)8-11-22-12-14-23(15-13-22)19(25)16-6-9-20-10-7-16/h1-7,9-10H,8,11-15H2,(H,21,24). The van der Waals surface area contributed by atoms with Gasteiger partial charge in [0.05, 0.1) is 0 Å². The average Bonchev–Trinajstić information content (AvgIpc) is 2.68. The fraction of sp³-hybridized carbons (Fsp3) is 0.316. The summed E-state index contributed by atoms with van der Waals surface area (Å²) < 4.78 is 0. The first kappa shape index (κ1) is 17.1. The molecule has 0 aliphatic carbocycles. The van der Waals surface area contributed by atoms with Crippen molar-refractivity contribution in [3.8, 4) is 0 Å². The fourth-order valence-corrected chi connectivity index (χ4v) is 2.86. The van der Waals surface area contributed by atoms with E-state index in [9.17, 15) is 9.59 Å². The van der Waals surface area contributed by atoms with Crippen LogP contribution in [0.25, 0.3) is 0 Å². The molecule has 25 heavy (non-hydrogen) atoms. The summed E-state index contributed by atoms with van der Waals surface area (Å²) in [6.07, 6.45) is 3.72. The first-order valence-electron chi connectivity index (χ1n) is 8.49. The molecule has 0 saturated carbocycles. The number of anilines is 1. The Morgan fingerprint density at radius 2 is 1.64 bits per heavy atom. The Morgan fingerprint density at radius 1 is 0.960 bits per heavy atom. The molecule has 2 heterocycles. The van der Waals surface area contributed by atoms with Crippen molar-refractivity contribution in [1.82, 2.24) is 14.8 Å². The summed E-state index contributed by atoms with van der Waals surface area (Å²) in [6.45, 7) is 3.64. The molecule has 1 saturated heterocycles. The molecule has 0 spiro atoms. The van der Waals surface area contributed by atoms with Crippen molar-refractivity contribution in [2.75, 3.05) is 38.0 Å². The first-order chi connectivity index (χ1) is 12.2. The number of carbonyl (C=O) groups excluding carboxylic acids is 2. The molecule has 6 heteroatoms. The number of aromatic nitrogens is 1. The first-order valence-corrected chi connectivity index (χ1v) is 8.49. The van der Waals surface area contributed by atoms with Crippen LogP contribution in [0.1, 0.15) is 16.8 Å². The van der Waals surface area contributed by atoms with Gasteiger partial charge in [-0.1, -0.05) is 18.2 Å². The zero-order valence-corrected chi connectivity index (χ0v) is 14.1. The van der Waals surface area contributed by atoms with Gasteiger partial charge >= 0.3 is 0 Å². The van der Waals surface area contributed by atoms with Gasteiger partial charge in [-0.3, -0.25) is 19.5 Å². The van der Waals surface area contributed by atoms with Crippen LogP contribution in [-0.4, -0.2) is 59.3 Å². The highest BCUT2D eigenvalue weighted by Gasteiger charge is 2.22. The minimum Gasteiger partial charge on any atom is -0.336 e. The lowest BCUT2D eigenvalue weighted by molar-refractivity contribution is -0.116. The smallest absolute Gasteiger partial charge is 0.254 e. The molecule has 2 aromatic rings. The number of piperazine rings is 1. The molecule has 0 radical (unpaired) electrons. The van der Waals surface area contributed by atoms with Crippen molar-refractivity contribution in [3.63, 3.8) is 0 Å². The number of hydrogen-bond donors (Lipinski definition) is 1. The van der Waals surface area contributed by atoms with Crippen molar-refractivity contribution < 1.29 is 9.59 Å². The third kappa shape index (κ3) is 4.87. The Balaban J connectivity index is 1.41. The lowest BCUT2D eigenvalue weighted by atomic mass is 10.2. The molecule has 1 aromatic carbocycles. The largest absolute Gasteiger partial charge is 0.336 e. The lowest BCUT2D eigenvalue weighted by Gasteiger charge is -2.34. The Morgan fingerprint density at radius 3 is 2.32 bits per heavy atom.